The molecule has 0 aliphatic carbocycles. The molecular formula is C15H20N4. The number of aryl methyl sites for hydroxylation is 1. The van der Waals surface area contributed by atoms with Crippen molar-refractivity contribution >= 4 is 17.5 Å². The van der Waals surface area contributed by atoms with Gasteiger partial charge in [-0.25, -0.2) is 4.98 Å². The first-order valence-electron chi connectivity index (χ1n) is 6.69. The Bertz CT molecular complexity index is 525. The van der Waals surface area contributed by atoms with E-state index in [-0.39, 0.29) is 0 Å². The van der Waals surface area contributed by atoms with Crippen LogP contribution in [0.5, 0.6) is 0 Å². The second kappa shape index (κ2) is 6.73. The standard InChI is InChI=1S/C15H20N4/c1-3-4-10-16-14-9-11-17-15(19-14)18-13-8-6-5-7-12(13)2/h5-9,11H,3-4,10H2,1-2H3,(H2,16,17,18,19). The van der Waals surface area contributed by atoms with Crippen LogP contribution in [0, 0.1) is 6.92 Å². The Morgan fingerprint density at radius 1 is 1.16 bits per heavy atom. The van der Waals surface area contributed by atoms with Crippen molar-refractivity contribution in [3.63, 3.8) is 0 Å². The summed E-state index contributed by atoms with van der Waals surface area (Å²) in [5.41, 5.74) is 2.21. The molecule has 0 bridgehead atoms. The number of benzene rings is 1. The summed E-state index contributed by atoms with van der Waals surface area (Å²) in [5.74, 6) is 1.48. The minimum absolute atomic E-state index is 0.621. The molecule has 2 N–H and O–H groups in total. The van der Waals surface area contributed by atoms with E-state index in [1.54, 1.807) is 6.20 Å². The topological polar surface area (TPSA) is 49.8 Å². The van der Waals surface area contributed by atoms with E-state index in [1.807, 2.05) is 24.3 Å². The molecule has 100 valence electrons. The molecule has 0 saturated carbocycles. The van der Waals surface area contributed by atoms with Crippen molar-refractivity contribution < 1.29 is 0 Å². The van der Waals surface area contributed by atoms with Gasteiger partial charge in [0.2, 0.25) is 5.95 Å². The molecule has 0 saturated heterocycles. The predicted octanol–water partition coefficient (Wildman–Crippen LogP) is 3.74. The number of hydrogen-bond acceptors (Lipinski definition) is 4. The average Bonchev–Trinajstić information content (AvgIpc) is 2.42. The van der Waals surface area contributed by atoms with Gasteiger partial charge in [-0.2, -0.15) is 4.98 Å². The minimum atomic E-state index is 0.621. The van der Waals surface area contributed by atoms with Gasteiger partial charge in [0.05, 0.1) is 0 Å². The lowest BCUT2D eigenvalue weighted by Gasteiger charge is -2.09. The maximum absolute atomic E-state index is 4.45. The lowest BCUT2D eigenvalue weighted by atomic mass is 10.2. The SMILES string of the molecule is CCCCNc1ccnc(Nc2ccccc2C)n1. The molecule has 19 heavy (non-hydrogen) atoms. The molecule has 0 fully saturated rings. The van der Waals surface area contributed by atoms with E-state index >= 15 is 0 Å². The molecule has 1 aromatic carbocycles. The zero-order valence-corrected chi connectivity index (χ0v) is 11.5. The zero-order chi connectivity index (χ0) is 13.5. The Balaban J connectivity index is 2.05. The van der Waals surface area contributed by atoms with Crippen LogP contribution in [-0.4, -0.2) is 16.5 Å². The molecule has 2 aromatic rings. The van der Waals surface area contributed by atoms with E-state index in [0.29, 0.717) is 5.95 Å². The van der Waals surface area contributed by atoms with Gasteiger partial charge < -0.3 is 10.6 Å². The Morgan fingerprint density at radius 2 is 2.00 bits per heavy atom. The highest BCUT2D eigenvalue weighted by atomic mass is 15.1. The third-order valence-corrected chi connectivity index (χ3v) is 2.88. The monoisotopic (exact) mass is 256 g/mol. The van der Waals surface area contributed by atoms with Gasteiger partial charge in [0.25, 0.3) is 0 Å². The van der Waals surface area contributed by atoms with Crippen LogP contribution in [0.4, 0.5) is 17.5 Å². The van der Waals surface area contributed by atoms with Crippen LogP contribution in [0.1, 0.15) is 25.3 Å². The second-order valence-corrected chi connectivity index (χ2v) is 4.49. The third kappa shape index (κ3) is 3.95. The molecule has 0 spiro atoms. The smallest absolute Gasteiger partial charge is 0.229 e. The molecule has 0 unspecified atom stereocenters. The van der Waals surface area contributed by atoms with Crippen molar-refractivity contribution in [1.29, 1.82) is 0 Å². The summed E-state index contributed by atoms with van der Waals surface area (Å²) in [6.45, 7) is 5.18. The number of unbranched alkanes of at least 4 members (excludes halogenated alkanes) is 1. The molecule has 0 radical (unpaired) electrons. The predicted molar refractivity (Wildman–Crippen MR) is 79.9 cm³/mol. The summed E-state index contributed by atoms with van der Waals surface area (Å²) in [6.07, 6.45) is 4.08. The van der Waals surface area contributed by atoms with Gasteiger partial charge >= 0.3 is 0 Å². The van der Waals surface area contributed by atoms with Crippen LogP contribution in [0.15, 0.2) is 36.5 Å². The number of anilines is 3. The molecule has 0 aliphatic rings. The highest BCUT2D eigenvalue weighted by Gasteiger charge is 2.01. The number of para-hydroxylation sites is 1. The molecule has 0 aliphatic heterocycles. The highest BCUT2D eigenvalue weighted by molar-refractivity contribution is 5.58. The number of aromatic nitrogens is 2. The number of hydrogen-bond donors (Lipinski definition) is 2. The fourth-order valence-corrected chi connectivity index (χ4v) is 1.74. The van der Waals surface area contributed by atoms with Gasteiger partial charge in [0.15, 0.2) is 0 Å². The molecule has 4 nitrogen and oxygen atoms in total. The molecule has 0 atom stereocenters. The van der Waals surface area contributed by atoms with Crippen molar-refractivity contribution in [3.05, 3.63) is 42.1 Å². The number of rotatable bonds is 6. The van der Waals surface area contributed by atoms with E-state index < -0.39 is 0 Å². The zero-order valence-electron chi connectivity index (χ0n) is 11.5. The van der Waals surface area contributed by atoms with E-state index in [1.165, 1.54) is 12.0 Å². The lowest BCUT2D eigenvalue weighted by molar-refractivity contribution is 0.830. The molecule has 2 rings (SSSR count). The Labute approximate surface area is 114 Å². The Hall–Kier alpha value is -2.10. The van der Waals surface area contributed by atoms with Gasteiger partial charge in [-0.15, -0.1) is 0 Å². The first-order valence-corrected chi connectivity index (χ1v) is 6.69. The third-order valence-electron chi connectivity index (χ3n) is 2.88. The van der Waals surface area contributed by atoms with E-state index in [0.717, 1.165) is 24.5 Å². The number of nitrogens with zero attached hydrogens (tertiary/aromatic N) is 2. The summed E-state index contributed by atoms with van der Waals surface area (Å²) in [5, 5.41) is 6.54. The van der Waals surface area contributed by atoms with E-state index in [2.05, 4.69) is 40.5 Å². The summed E-state index contributed by atoms with van der Waals surface area (Å²) >= 11 is 0. The minimum Gasteiger partial charge on any atom is -0.370 e. The quantitative estimate of drug-likeness (QED) is 0.773. The van der Waals surface area contributed by atoms with Crippen LogP contribution >= 0.6 is 0 Å². The second-order valence-electron chi connectivity index (χ2n) is 4.49. The van der Waals surface area contributed by atoms with Gasteiger partial charge in [-0.3, -0.25) is 0 Å². The molecular weight excluding hydrogens is 236 g/mol. The average molecular weight is 256 g/mol. The molecule has 4 heteroatoms. The largest absolute Gasteiger partial charge is 0.370 e. The fraction of sp³-hybridized carbons (Fsp3) is 0.333. The first kappa shape index (κ1) is 13.3. The van der Waals surface area contributed by atoms with Crippen LogP contribution < -0.4 is 10.6 Å². The maximum atomic E-state index is 4.45. The van der Waals surface area contributed by atoms with Crippen molar-refractivity contribution in [2.75, 3.05) is 17.2 Å². The van der Waals surface area contributed by atoms with Crippen molar-refractivity contribution in [2.45, 2.75) is 26.7 Å². The summed E-state index contributed by atoms with van der Waals surface area (Å²) < 4.78 is 0. The Morgan fingerprint density at radius 3 is 2.79 bits per heavy atom. The molecule has 1 heterocycles. The number of nitrogens with one attached hydrogen (secondary N) is 2. The van der Waals surface area contributed by atoms with Crippen LogP contribution in [0.2, 0.25) is 0 Å². The molecule has 1 aromatic heterocycles. The normalized spacial score (nSPS) is 10.2. The van der Waals surface area contributed by atoms with Crippen LogP contribution in [0.3, 0.4) is 0 Å². The summed E-state index contributed by atoms with van der Waals surface area (Å²) in [4.78, 5) is 8.69. The lowest BCUT2D eigenvalue weighted by Crippen LogP contribution is -2.05. The summed E-state index contributed by atoms with van der Waals surface area (Å²) in [7, 11) is 0. The fourth-order valence-electron chi connectivity index (χ4n) is 1.74. The Kier molecular flexibility index (Phi) is 4.72. The van der Waals surface area contributed by atoms with Gasteiger partial charge in [-0.05, 0) is 31.0 Å². The highest BCUT2D eigenvalue weighted by Crippen LogP contribution is 2.17. The maximum Gasteiger partial charge on any atom is 0.229 e. The van der Waals surface area contributed by atoms with Crippen molar-refractivity contribution in [1.82, 2.24) is 9.97 Å². The van der Waals surface area contributed by atoms with Gasteiger partial charge in [-0.1, -0.05) is 31.5 Å². The van der Waals surface area contributed by atoms with Gasteiger partial charge in [0.1, 0.15) is 5.82 Å². The van der Waals surface area contributed by atoms with E-state index in [4.69, 9.17) is 0 Å². The van der Waals surface area contributed by atoms with Crippen LogP contribution in [0.25, 0.3) is 0 Å². The van der Waals surface area contributed by atoms with Crippen molar-refractivity contribution in [3.8, 4) is 0 Å². The van der Waals surface area contributed by atoms with Crippen molar-refractivity contribution in [2.24, 2.45) is 0 Å². The first-order chi connectivity index (χ1) is 9.29. The molecule has 0 amide bonds. The summed E-state index contributed by atoms with van der Waals surface area (Å²) in [6, 6.07) is 9.99. The van der Waals surface area contributed by atoms with Crippen LogP contribution in [-0.2, 0) is 0 Å². The van der Waals surface area contributed by atoms with Gasteiger partial charge in [0, 0.05) is 18.4 Å². The van der Waals surface area contributed by atoms with E-state index in [9.17, 15) is 0 Å².